The zero-order chi connectivity index (χ0) is 12.7. The number of carbonyl (C=O) groups excluding carboxylic acids is 1. The average molecular weight is 263 g/mol. The summed E-state index contributed by atoms with van der Waals surface area (Å²) in [7, 11) is 1.33. The smallest absolute Gasteiger partial charge is 0.356 e. The topological polar surface area (TPSA) is 38.8 Å². The fraction of sp³-hybridized carbons (Fsp3) is 0.923. The Bertz CT molecular complexity index is 245. The molecule has 0 amide bonds. The molecule has 2 atom stereocenters. The summed E-state index contributed by atoms with van der Waals surface area (Å²) in [5.74, 6) is -0.466. The summed E-state index contributed by atoms with van der Waals surface area (Å²) in [6.07, 6.45) is 9.49. The fourth-order valence-electron chi connectivity index (χ4n) is 2.02. The van der Waals surface area contributed by atoms with Crippen molar-refractivity contribution < 1.29 is 14.3 Å². The van der Waals surface area contributed by atoms with Gasteiger partial charge in [0.05, 0.1) is 7.11 Å². The van der Waals surface area contributed by atoms with Crippen LogP contribution in [-0.4, -0.2) is 24.2 Å². The molecule has 1 rings (SSSR count). The van der Waals surface area contributed by atoms with Crippen LogP contribution in [0, 0.1) is 0 Å². The number of esters is 1. The number of alkyl halides is 1. The lowest BCUT2D eigenvalue weighted by Crippen LogP contribution is -2.22. The van der Waals surface area contributed by atoms with Gasteiger partial charge in [0.15, 0.2) is 0 Å². The first-order chi connectivity index (χ1) is 8.15. The highest BCUT2D eigenvalue weighted by molar-refractivity contribution is 6.35. The van der Waals surface area contributed by atoms with Crippen molar-refractivity contribution in [1.82, 2.24) is 0 Å². The Morgan fingerprint density at radius 2 is 1.82 bits per heavy atom. The van der Waals surface area contributed by atoms with Gasteiger partial charge in [0, 0.05) is 0 Å². The minimum atomic E-state index is -1.17. The van der Waals surface area contributed by atoms with E-state index in [0.717, 1.165) is 12.8 Å². The van der Waals surface area contributed by atoms with E-state index < -0.39 is 11.0 Å². The van der Waals surface area contributed by atoms with Gasteiger partial charge in [0.1, 0.15) is 6.10 Å². The summed E-state index contributed by atoms with van der Waals surface area (Å²) in [4.78, 5) is 11.2. The van der Waals surface area contributed by atoms with Crippen LogP contribution in [0.1, 0.15) is 58.3 Å². The first kappa shape index (κ1) is 14.8. The van der Waals surface area contributed by atoms with Crippen LogP contribution < -0.4 is 0 Å². The predicted molar refractivity (Wildman–Crippen MR) is 68.1 cm³/mol. The molecule has 1 aliphatic rings. The Morgan fingerprint density at radius 1 is 1.24 bits per heavy atom. The molecule has 0 saturated carbocycles. The molecule has 1 aliphatic heterocycles. The molecule has 17 heavy (non-hydrogen) atoms. The third kappa shape index (κ3) is 4.47. The highest BCUT2D eigenvalue weighted by Gasteiger charge is 2.62. The summed E-state index contributed by atoms with van der Waals surface area (Å²) >= 11 is 5.95. The largest absolute Gasteiger partial charge is 0.466 e. The van der Waals surface area contributed by atoms with E-state index in [1.54, 1.807) is 0 Å². The molecule has 0 aromatic rings. The quantitative estimate of drug-likeness (QED) is 0.276. The van der Waals surface area contributed by atoms with E-state index in [9.17, 15) is 4.79 Å². The van der Waals surface area contributed by atoms with Crippen LogP contribution in [0.5, 0.6) is 0 Å². The average Bonchev–Trinajstić information content (AvgIpc) is 2.99. The minimum absolute atomic E-state index is 0.146. The number of methoxy groups -OCH3 is 1. The lowest BCUT2D eigenvalue weighted by Gasteiger charge is -2.02. The van der Waals surface area contributed by atoms with Crippen LogP contribution in [0.15, 0.2) is 0 Å². The van der Waals surface area contributed by atoms with Gasteiger partial charge in [-0.25, -0.2) is 4.79 Å². The van der Waals surface area contributed by atoms with Crippen LogP contribution in [0.25, 0.3) is 0 Å². The molecule has 0 radical (unpaired) electrons. The van der Waals surface area contributed by atoms with Crippen LogP contribution >= 0.6 is 11.6 Å². The second-order valence-corrected chi connectivity index (χ2v) is 5.21. The first-order valence-electron chi connectivity index (χ1n) is 6.60. The van der Waals surface area contributed by atoms with Gasteiger partial charge in [-0.15, -0.1) is 0 Å². The molecule has 0 aromatic carbocycles. The lowest BCUT2D eigenvalue weighted by molar-refractivity contribution is -0.143. The molecule has 1 saturated heterocycles. The zero-order valence-corrected chi connectivity index (χ0v) is 11.6. The molecule has 3 nitrogen and oxygen atoms in total. The summed E-state index contributed by atoms with van der Waals surface area (Å²) in [5, 5.41) is -1.17. The van der Waals surface area contributed by atoms with Gasteiger partial charge < -0.3 is 9.47 Å². The number of carbonyl (C=O) groups is 1. The van der Waals surface area contributed by atoms with Crippen molar-refractivity contribution in [2.75, 3.05) is 7.11 Å². The van der Waals surface area contributed by atoms with Crippen molar-refractivity contribution in [3.05, 3.63) is 0 Å². The van der Waals surface area contributed by atoms with Gasteiger partial charge in [0.2, 0.25) is 0 Å². The number of ether oxygens (including phenoxy) is 2. The molecule has 4 heteroatoms. The molecule has 0 aromatic heterocycles. The Kier molecular flexibility index (Phi) is 6.28. The highest BCUT2D eigenvalue weighted by Crippen LogP contribution is 2.44. The molecule has 0 aliphatic carbocycles. The molecule has 0 unspecified atom stereocenters. The molecule has 0 N–H and O–H groups in total. The fourth-order valence-corrected chi connectivity index (χ4v) is 2.32. The summed E-state index contributed by atoms with van der Waals surface area (Å²) < 4.78 is 9.78. The molecule has 1 fully saturated rings. The molecular formula is C13H23ClO3. The normalized spacial score (nSPS) is 26.9. The maximum absolute atomic E-state index is 11.2. The predicted octanol–water partition coefficient (Wildman–Crippen LogP) is 3.63. The van der Waals surface area contributed by atoms with Crippen molar-refractivity contribution in [1.29, 1.82) is 0 Å². The lowest BCUT2D eigenvalue weighted by atomic mass is 10.1. The van der Waals surface area contributed by atoms with Crippen molar-refractivity contribution in [3.63, 3.8) is 0 Å². The van der Waals surface area contributed by atoms with E-state index in [4.69, 9.17) is 16.3 Å². The van der Waals surface area contributed by atoms with Gasteiger partial charge in [-0.3, -0.25) is 0 Å². The molecular weight excluding hydrogens is 240 g/mol. The standard InChI is InChI=1S/C13H23ClO3/c1-3-4-5-6-7-8-9-10-11-13(14,17-11)12(15)16-2/h11H,3-10H2,1-2H3/t11-,13-/m1/s1. The van der Waals surface area contributed by atoms with Crippen molar-refractivity contribution in [3.8, 4) is 0 Å². The number of unbranched alkanes of at least 4 members (excludes halogenated alkanes) is 6. The van der Waals surface area contributed by atoms with Crippen molar-refractivity contribution in [2.45, 2.75) is 69.5 Å². The summed E-state index contributed by atoms with van der Waals surface area (Å²) in [6.45, 7) is 2.22. The van der Waals surface area contributed by atoms with Gasteiger partial charge in [-0.2, -0.15) is 0 Å². The van der Waals surface area contributed by atoms with Crippen LogP contribution in [0.2, 0.25) is 0 Å². The van der Waals surface area contributed by atoms with Crippen LogP contribution in [0.4, 0.5) is 0 Å². The zero-order valence-electron chi connectivity index (χ0n) is 10.8. The summed E-state index contributed by atoms with van der Waals surface area (Å²) in [5.41, 5.74) is 0. The second kappa shape index (κ2) is 7.22. The Balaban J connectivity index is 1.97. The molecule has 0 bridgehead atoms. The maximum Gasteiger partial charge on any atom is 0.356 e. The Labute approximate surface area is 109 Å². The van der Waals surface area contributed by atoms with Crippen LogP contribution in [0.3, 0.4) is 0 Å². The van der Waals surface area contributed by atoms with Gasteiger partial charge in [0.25, 0.3) is 5.06 Å². The second-order valence-electron chi connectivity index (χ2n) is 4.65. The van der Waals surface area contributed by atoms with E-state index in [1.165, 1.54) is 45.6 Å². The Hall–Kier alpha value is -0.280. The van der Waals surface area contributed by atoms with Crippen molar-refractivity contribution >= 4 is 17.6 Å². The molecule has 1 heterocycles. The summed E-state index contributed by atoms with van der Waals surface area (Å²) in [6, 6.07) is 0. The van der Waals surface area contributed by atoms with Crippen molar-refractivity contribution in [2.24, 2.45) is 0 Å². The number of rotatable bonds is 9. The van der Waals surface area contributed by atoms with E-state index in [0.29, 0.717) is 0 Å². The van der Waals surface area contributed by atoms with Crippen LogP contribution in [-0.2, 0) is 14.3 Å². The van der Waals surface area contributed by atoms with Gasteiger partial charge in [-0.05, 0) is 6.42 Å². The number of halogens is 1. The van der Waals surface area contributed by atoms with Gasteiger partial charge in [-0.1, -0.05) is 63.5 Å². The number of hydrogen-bond donors (Lipinski definition) is 0. The Morgan fingerprint density at radius 3 is 2.41 bits per heavy atom. The third-order valence-corrected chi connectivity index (χ3v) is 3.69. The SMILES string of the molecule is CCCCCCCCC[C@H]1O[C@@]1(Cl)C(=O)OC. The van der Waals surface area contributed by atoms with E-state index in [1.807, 2.05) is 0 Å². The van der Waals surface area contributed by atoms with E-state index >= 15 is 0 Å². The number of hydrogen-bond acceptors (Lipinski definition) is 3. The molecule has 100 valence electrons. The highest BCUT2D eigenvalue weighted by atomic mass is 35.5. The van der Waals surface area contributed by atoms with Gasteiger partial charge >= 0.3 is 5.97 Å². The number of epoxide rings is 1. The molecule has 0 spiro atoms. The minimum Gasteiger partial charge on any atom is -0.466 e. The third-order valence-electron chi connectivity index (χ3n) is 3.20. The van der Waals surface area contributed by atoms with E-state index in [-0.39, 0.29) is 6.10 Å². The maximum atomic E-state index is 11.2. The first-order valence-corrected chi connectivity index (χ1v) is 6.98. The van der Waals surface area contributed by atoms with E-state index in [2.05, 4.69) is 11.7 Å². The monoisotopic (exact) mass is 262 g/mol.